The van der Waals surface area contributed by atoms with Gasteiger partial charge < -0.3 is 9.15 Å². The van der Waals surface area contributed by atoms with Gasteiger partial charge in [-0.1, -0.05) is 52.8 Å². The molecule has 0 spiro atoms. The van der Waals surface area contributed by atoms with E-state index in [1.54, 1.807) is 6.92 Å². The zero-order valence-corrected chi connectivity index (χ0v) is 18.0. The van der Waals surface area contributed by atoms with Crippen molar-refractivity contribution in [1.82, 2.24) is 4.98 Å². The third-order valence-electron chi connectivity index (χ3n) is 4.67. The van der Waals surface area contributed by atoms with Gasteiger partial charge in [-0.15, -0.1) is 0 Å². The van der Waals surface area contributed by atoms with Crippen LogP contribution in [0.5, 0.6) is 0 Å². The van der Waals surface area contributed by atoms with Crippen LogP contribution in [0.4, 0.5) is 5.13 Å². The topological polar surface area (TPSA) is 76.7 Å². The molecule has 0 bridgehead atoms. The molecule has 30 heavy (non-hydrogen) atoms. The highest BCUT2D eigenvalue weighted by Crippen LogP contribution is 2.25. The number of carbonyl (C=O) groups excluding carboxylic acids is 1. The highest BCUT2D eigenvalue weighted by atomic mass is 32.1. The summed E-state index contributed by atoms with van der Waals surface area (Å²) < 4.78 is 10.9. The Morgan fingerprint density at radius 1 is 1.07 bits per heavy atom. The van der Waals surface area contributed by atoms with E-state index in [1.165, 1.54) is 24.0 Å². The van der Waals surface area contributed by atoms with Gasteiger partial charge in [0.25, 0.3) is 0 Å². The molecular weight excluding hydrogens is 398 g/mol. The second-order valence-corrected chi connectivity index (χ2v) is 8.01. The predicted molar refractivity (Wildman–Crippen MR) is 119 cm³/mol. The van der Waals surface area contributed by atoms with Crippen molar-refractivity contribution in [1.29, 1.82) is 0 Å². The van der Waals surface area contributed by atoms with Crippen LogP contribution in [-0.4, -0.2) is 18.1 Å². The van der Waals surface area contributed by atoms with E-state index in [1.807, 2.05) is 62.4 Å². The lowest BCUT2D eigenvalue weighted by Crippen LogP contribution is -2.07. The van der Waals surface area contributed by atoms with Crippen LogP contribution in [0.1, 0.15) is 26.5 Å². The van der Waals surface area contributed by atoms with E-state index in [0.717, 1.165) is 33.2 Å². The molecule has 0 unspecified atom stereocenters. The summed E-state index contributed by atoms with van der Waals surface area (Å²) in [5.74, 6) is 0.316. The van der Waals surface area contributed by atoms with E-state index in [2.05, 4.69) is 15.5 Å². The average Bonchev–Trinajstić information content (AvgIpc) is 3.12. The second-order valence-electron chi connectivity index (χ2n) is 7.01. The fraction of sp³-hybridized carbons (Fsp3) is 0.174. The van der Waals surface area contributed by atoms with Crippen molar-refractivity contribution >= 4 is 33.4 Å². The number of fused-ring (bicyclic) bond motifs is 1. The van der Waals surface area contributed by atoms with E-state index in [9.17, 15) is 4.79 Å². The minimum Gasteiger partial charge on any atom is -0.465 e. The maximum absolute atomic E-state index is 11.8. The first-order valence-electron chi connectivity index (χ1n) is 9.41. The van der Waals surface area contributed by atoms with Crippen molar-refractivity contribution in [2.45, 2.75) is 20.8 Å². The van der Waals surface area contributed by atoms with Gasteiger partial charge in [0.1, 0.15) is 16.2 Å². The molecule has 0 aliphatic heterocycles. The van der Waals surface area contributed by atoms with Crippen LogP contribution in [0.2, 0.25) is 0 Å². The lowest BCUT2D eigenvalue weighted by atomic mass is 10.1. The molecule has 7 heteroatoms. The van der Waals surface area contributed by atoms with E-state index in [-0.39, 0.29) is 0 Å². The summed E-state index contributed by atoms with van der Waals surface area (Å²) in [4.78, 5) is 16.7. The Kier molecular flexibility index (Phi) is 5.37. The van der Waals surface area contributed by atoms with Crippen molar-refractivity contribution in [2.75, 3.05) is 12.5 Å². The summed E-state index contributed by atoms with van der Waals surface area (Å²) in [7, 11) is 1.35. The standard InChI is InChI=1S/C23H21N3O3S/c1-13-5-8-16(9-6-13)20-12-18(17-11-14(2)7-10-19(17)29-20)25-26-23-24-15(3)21(30-23)22(27)28-4/h5-12H,1-4H3,(H,24,26)/b25-18-. The third kappa shape index (κ3) is 3.97. The molecule has 0 amide bonds. The monoisotopic (exact) mass is 419 g/mol. The fourth-order valence-electron chi connectivity index (χ4n) is 3.07. The Balaban J connectivity index is 1.81. The zero-order valence-electron chi connectivity index (χ0n) is 17.1. The Hall–Kier alpha value is -3.45. The molecule has 2 heterocycles. The summed E-state index contributed by atoms with van der Waals surface area (Å²) >= 11 is 1.21. The molecule has 0 aliphatic rings. The van der Waals surface area contributed by atoms with Gasteiger partial charge in [-0.2, -0.15) is 5.10 Å². The van der Waals surface area contributed by atoms with E-state index in [0.29, 0.717) is 15.7 Å². The highest BCUT2D eigenvalue weighted by molar-refractivity contribution is 7.17. The lowest BCUT2D eigenvalue weighted by Gasteiger charge is -2.06. The fourth-order valence-corrected chi connectivity index (χ4v) is 3.90. The number of thiazole rings is 1. The number of benzene rings is 2. The van der Waals surface area contributed by atoms with Gasteiger partial charge in [0, 0.05) is 17.0 Å². The molecule has 6 nitrogen and oxygen atoms in total. The molecule has 0 atom stereocenters. The van der Waals surface area contributed by atoms with Crippen LogP contribution in [0.25, 0.3) is 22.3 Å². The van der Waals surface area contributed by atoms with Crippen LogP contribution < -0.4 is 10.8 Å². The number of anilines is 1. The molecule has 4 aromatic rings. The van der Waals surface area contributed by atoms with Crippen LogP contribution in [0.15, 0.2) is 58.0 Å². The Bertz CT molecular complexity index is 1300. The van der Waals surface area contributed by atoms with Gasteiger partial charge in [-0.25, -0.2) is 9.78 Å². The Morgan fingerprint density at radius 3 is 2.53 bits per heavy atom. The molecule has 0 radical (unpaired) electrons. The SMILES string of the molecule is COC(=O)c1sc(N/N=c2/cc(-c3ccc(C)cc3)oc3ccc(C)cc23)nc1C. The van der Waals surface area contributed by atoms with Gasteiger partial charge in [0.2, 0.25) is 5.13 Å². The minimum absolute atomic E-state index is 0.403. The van der Waals surface area contributed by atoms with Gasteiger partial charge >= 0.3 is 5.97 Å². The normalized spacial score (nSPS) is 11.7. The average molecular weight is 420 g/mol. The maximum Gasteiger partial charge on any atom is 0.350 e. The van der Waals surface area contributed by atoms with Crippen LogP contribution in [-0.2, 0) is 4.74 Å². The van der Waals surface area contributed by atoms with Crippen LogP contribution >= 0.6 is 11.3 Å². The number of hydrogen-bond donors (Lipinski definition) is 1. The van der Waals surface area contributed by atoms with Gasteiger partial charge in [0.05, 0.1) is 18.2 Å². The second kappa shape index (κ2) is 8.12. The number of aromatic nitrogens is 1. The van der Waals surface area contributed by atoms with Crippen molar-refractivity contribution in [2.24, 2.45) is 5.10 Å². The number of carbonyl (C=O) groups is 1. The molecule has 2 aromatic heterocycles. The van der Waals surface area contributed by atoms with Crippen LogP contribution in [0, 0.1) is 20.8 Å². The number of hydrogen-bond acceptors (Lipinski definition) is 7. The number of nitrogens with zero attached hydrogens (tertiary/aromatic N) is 2. The minimum atomic E-state index is -0.403. The quantitative estimate of drug-likeness (QED) is 0.364. The lowest BCUT2D eigenvalue weighted by molar-refractivity contribution is 0.0605. The first-order chi connectivity index (χ1) is 14.4. The van der Waals surface area contributed by atoms with E-state index < -0.39 is 5.97 Å². The smallest absolute Gasteiger partial charge is 0.350 e. The molecule has 0 fully saturated rings. The van der Waals surface area contributed by atoms with E-state index >= 15 is 0 Å². The molecule has 0 saturated heterocycles. The molecular formula is C23H21N3O3S. The summed E-state index contributed by atoms with van der Waals surface area (Å²) in [5, 5.41) is 6.71. The first-order valence-corrected chi connectivity index (χ1v) is 10.2. The van der Waals surface area contributed by atoms with Crippen LogP contribution in [0.3, 0.4) is 0 Å². The summed E-state index contributed by atoms with van der Waals surface area (Å²) in [6, 6.07) is 16.0. The molecule has 4 rings (SSSR count). The molecule has 0 saturated carbocycles. The van der Waals surface area contributed by atoms with Crippen molar-refractivity contribution in [3.63, 3.8) is 0 Å². The maximum atomic E-state index is 11.8. The molecule has 1 N–H and O–H groups in total. The highest BCUT2D eigenvalue weighted by Gasteiger charge is 2.15. The van der Waals surface area contributed by atoms with Gasteiger partial charge in [0.15, 0.2) is 0 Å². The molecule has 2 aromatic carbocycles. The number of ether oxygens (including phenoxy) is 1. The largest absolute Gasteiger partial charge is 0.465 e. The number of nitrogens with one attached hydrogen (secondary N) is 1. The number of aryl methyl sites for hydroxylation is 3. The van der Waals surface area contributed by atoms with Gasteiger partial charge in [-0.05, 0) is 32.9 Å². The number of rotatable bonds is 4. The van der Waals surface area contributed by atoms with E-state index in [4.69, 9.17) is 9.15 Å². The third-order valence-corrected chi connectivity index (χ3v) is 5.72. The Labute approximate surface area is 177 Å². The summed E-state index contributed by atoms with van der Waals surface area (Å²) in [6.45, 7) is 5.84. The molecule has 0 aliphatic carbocycles. The number of methoxy groups -OCH3 is 1. The first kappa shape index (κ1) is 19.8. The van der Waals surface area contributed by atoms with Crippen molar-refractivity contribution in [3.8, 4) is 11.3 Å². The van der Waals surface area contributed by atoms with Crippen molar-refractivity contribution < 1.29 is 13.9 Å². The number of esters is 1. The Morgan fingerprint density at radius 2 is 1.80 bits per heavy atom. The molecule has 152 valence electrons. The summed E-state index contributed by atoms with van der Waals surface area (Å²) in [6.07, 6.45) is 0. The van der Waals surface area contributed by atoms with Crippen molar-refractivity contribution in [3.05, 3.63) is 75.6 Å². The zero-order chi connectivity index (χ0) is 21.3. The predicted octanol–water partition coefficient (Wildman–Crippen LogP) is 5.20. The van der Waals surface area contributed by atoms with Gasteiger partial charge in [-0.3, -0.25) is 5.43 Å². The summed E-state index contributed by atoms with van der Waals surface area (Å²) in [5.41, 5.74) is 7.59.